The fourth-order valence-electron chi connectivity index (χ4n) is 3.13. The molecule has 1 spiro atoms. The topological polar surface area (TPSA) is 50.8 Å². The number of nitrogens with zero attached hydrogens (tertiary/aromatic N) is 1. The van der Waals surface area contributed by atoms with E-state index in [0.29, 0.717) is 19.8 Å². The van der Waals surface area contributed by atoms with Crippen LogP contribution in [0.5, 0.6) is 0 Å². The molecule has 2 rings (SSSR count). The highest BCUT2D eigenvalue weighted by Crippen LogP contribution is 2.30. The quantitative estimate of drug-likeness (QED) is 0.730. The van der Waals surface area contributed by atoms with E-state index in [1.807, 2.05) is 0 Å². The molecule has 2 fully saturated rings. The second-order valence-electron chi connectivity index (χ2n) is 6.35. The standard InChI is InChI=1S/C16H30N2O3/c1-3-4-5-6-14(2)17-15(19)13-18-9-7-16(8-10-18)20-11-12-21-16/h14H,3-13H2,1-2H3,(H,17,19). The number of rotatable bonds is 7. The third kappa shape index (κ3) is 5.24. The maximum Gasteiger partial charge on any atom is 0.234 e. The van der Waals surface area contributed by atoms with E-state index in [4.69, 9.17) is 9.47 Å². The van der Waals surface area contributed by atoms with Gasteiger partial charge < -0.3 is 14.8 Å². The molecule has 0 aromatic carbocycles. The summed E-state index contributed by atoms with van der Waals surface area (Å²) in [6.07, 6.45) is 6.47. The number of carbonyl (C=O) groups is 1. The van der Waals surface area contributed by atoms with E-state index >= 15 is 0 Å². The summed E-state index contributed by atoms with van der Waals surface area (Å²) < 4.78 is 11.4. The van der Waals surface area contributed by atoms with Crippen LogP contribution in [0.25, 0.3) is 0 Å². The number of ether oxygens (including phenoxy) is 2. The lowest BCUT2D eigenvalue weighted by atomic mass is 10.0. The minimum absolute atomic E-state index is 0.142. The maximum absolute atomic E-state index is 12.1. The van der Waals surface area contributed by atoms with Crippen molar-refractivity contribution in [2.75, 3.05) is 32.8 Å². The fraction of sp³-hybridized carbons (Fsp3) is 0.938. The van der Waals surface area contributed by atoms with Gasteiger partial charge in [-0.15, -0.1) is 0 Å². The Hall–Kier alpha value is -0.650. The van der Waals surface area contributed by atoms with Crippen LogP contribution in [0.15, 0.2) is 0 Å². The molecule has 5 heteroatoms. The summed E-state index contributed by atoms with van der Waals surface area (Å²) in [7, 11) is 0. The van der Waals surface area contributed by atoms with E-state index in [1.165, 1.54) is 19.3 Å². The Balaban J connectivity index is 1.62. The first-order chi connectivity index (χ1) is 10.1. The molecular weight excluding hydrogens is 268 g/mol. The van der Waals surface area contributed by atoms with Gasteiger partial charge in [0, 0.05) is 32.0 Å². The summed E-state index contributed by atoms with van der Waals surface area (Å²) >= 11 is 0. The van der Waals surface area contributed by atoms with Gasteiger partial charge in [0.25, 0.3) is 0 Å². The first kappa shape index (κ1) is 16.7. The normalized spacial score (nSPS) is 23.3. The fourth-order valence-corrected chi connectivity index (χ4v) is 3.13. The molecule has 0 aromatic rings. The molecular formula is C16H30N2O3. The van der Waals surface area contributed by atoms with Crippen LogP contribution in [0.3, 0.4) is 0 Å². The molecule has 21 heavy (non-hydrogen) atoms. The number of piperidine rings is 1. The Kier molecular flexibility index (Phi) is 6.45. The van der Waals surface area contributed by atoms with Gasteiger partial charge in [-0.05, 0) is 13.3 Å². The average molecular weight is 298 g/mol. The highest BCUT2D eigenvalue weighted by Gasteiger charge is 2.39. The number of amides is 1. The van der Waals surface area contributed by atoms with Crippen molar-refractivity contribution in [3.8, 4) is 0 Å². The van der Waals surface area contributed by atoms with E-state index in [-0.39, 0.29) is 17.7 Å². The van der Waals surface area contributed by atoms with Crippen LogP contribution in [0.4, 0.5) is 0 Å². The Bertz CT molecular complexity index is 319. The first-order valence-corrected chi connectivity index (χ1v) is 8.43. The molecule has 0 saturated carbocycles. The minimum atomic E-state index is -0.347. The number of unbranched alkanes of at least 4 members (excludes halogenated alkanes) is 2. The Labute approximate surface area is 128 Å². The Morgan fingerprint density at radius 3 is 2.52 bits per heavy atom. The highest BCUT2D eigenvalue weighted by atomic mass is 16.7. The van der Waals surface area contributed by atoms with Crippen molar-refractivity contribution in [3.05, 3.63) is 0 Å². The van der Waals surface area contributed by atoms with Crippen LogP contribution < -0.4 is 5.32 Å². The zero-order chi connectivity index (χ0) is 15.1. The van der Waals surface area contributed by atoms with E-state index in [2.05, 4.69) is 24.1 Å². The molecule has 1 N–H and O–H groups in total. The SMILES string of the molecule is CCCCCC(C)NC(=O)CN1CCC2(CC1)OCCO2. The van der Waals surface area contributed by atoms with E-state index in [1.54, 1.807) is 0 Å². The molecule has 2 heterocycles. The molecule has 5 nitrogen and oxygen atoms in total. The summed E-state index contributed by atoms with van der Waals surface area (Å²) in [4.78, 5) is 14.3. The molecule has 0 bridgehead atoms. The number of hydrogen-bond acceptors (Lipinski definition) is 4. The lowest BCUT2D eigenvalue weighted by molar-refractivity contribution is -0.185. The van der Waals surface area contributed by atoms with Gasteiger partial charge in [-0.1, -0.05) is 26.2 Å². The molecule has 0 aromatic heterocycles. The van der Waals surface area contributed by atoms with Crippen molar-refractivity contribution in [1.29, 1.82) is 0 Å². The van der Waals surface area contributed by atoms with E-state index in [9.17, 15) is 4.79 Å². The molecule has 2 aliphatic rings. The van der Waals surface area contributed by atoms with Crippen LogP contribution in [0, 0.1) is 0 Å². The number of hydrogen-bond donors (Lipinski definition) is 1. The van der Waals surface area contributed by atoms with Gasteiger partial charge in [0.05, 0.1) is 19.8 Å². The maximum atomic E-state index is 12.1. The van der Waals surface area contributed by atoms with Crippen LogP contribution in [-0.2, 0) is 14.3 Å². The smallest absolute Gasteiger partial charge is 0.234 e. The lowest BCUT2D eigenvalue weighted by Crippen LogP contribution is -2.49. The van der Waals surface area contributed by atoms with Crippen molar-refractivity contribution in [2.45, 2.75) is 64.2 Å². The average Bonchev–Trinajstić information content (AvgIpc) is 2.90. The van der Waals surface area contributed by atoms with Crippen LogP contribution in [-0.4, -0.2) is 55.5 Å². The lowest BCUT2D eigenvalue weighted by Gasteiger charge is -2.37. The van der Waals surface area contributed by atoms with Crippen molar-refractivity contribution >= 4 is 5.91 Å². The van der Waals surface area contributed by atoms with Gasteiger partial charge in [-0.25, -0.2) is 0 Å². The van der Waals surface area contributed by atoms with Gasteiger partial charge in [-0.3, -0.25) is 9.69 Å². The Morgan fingerprint density at radius 1 is 1.24 bits per heavy atom. The molecule has 1 unspecified atom stereocenters. The van der Waals surface area contributed by atoms with E-state index in [0.717, 1.165) is 32.4 Å². The second kappa shape index (κ2) is 8.11. The van der Waals surface area contributed by atoms with Crippen molar-refractivity contribution in [3.63, 3.8) is 0 Å². The van der Waals surface area contributed by atoms with Crippen LogP contribution >= 0.6 is 0 Å². The molecule has 2 aliphatic heterocycles. The van der Waals surface area contributed by atoms with Crippen molar-refractivity contribution in [1.82, 2.24) is 10.2 Å². The first-order valence-electron chi connectivity index (χ1n) is 8.43. The zero-order valence-corrected chi connectivity index (χ0v) is 13.5. The van der Waals surface area contributed by atoms with Crippen molar-refractivity contribution in [2.24, 2.45) is 0 Å². The van der Waals surface area contributed by atoms with Crippen LogP contribution in [0.1, 0.15) is 52.4 Å². The number of likely N-dealkylation sites (tertiary alicyclic amines) is 1. The van der Waals surface area contributed by atoms with E-state index < -0.39 is 0 Å². The molecule has 122 valence electrons. The zero-order valence-electron chi connectivity index (χ0n) is 13.5. The third-order valence-corrected chi connectivity index (χ3v) is 4.45. The van der Waals surface area contributed by atoms with Gasteiger partial charge in [0.1, 0.15) is 0 Å². The Morgan fingerprint density at radius 2 is 1.90 bits per heavy atom. The molecule has 0 aliphatic carbocycles. The highest BCUT2D eigenvalue weighted by molar-refractivity contribution is 5.78. The van der Waals surface area contributed by atoms with Crippen LogP contribution in [0.2, 0.25) is 0 Å². The van der Waals surface area contributed by atoms with Crippen molar-refractivity contribution < 1.29 is 14.3 Å². The minimum Gasteiger partial charge on any atom is -0.353 e. The summed E-state index contributed by atoms with van der Waals surface area (Å²) in [6.45, 7) is 7.94. The third-order valence-electron chi connectivity index (χ3n) is 4.45. The molecule has 1 atom stereocenters. The summed E-state index contributed by atoms with van der Waals surface area (Å²) in [5, 5.41) is 3.10. The predicted octanol–water partition coefficient (Wildman–Crippen LogP) is 1.91. The predicted molar refractivity (Wildman–Crippen MR) is 82.1 cm³/mol. The summed E-state index contributed by atoms with van der Waals surface area (Å²) in [5.74, 6) is -0.205. The summed E-state index contributed by atoms with van der Waals surface area (Å²) in [6, 6.07) is 0.279. The molecule has 2 saturated heterocycles. The number of carbonyl (C=O) groups excluding carboxylic acids is 1. The summed E-state index contributed by atoms with van der Waals surface area (Å²) in [5.41, 5.74) is 0. The van der Waals surface area contributed by atoms with Gasteiger partial charge in [-0.2, -0.15) is 0 Å². The van der Waals surface area contributed by atoms with Gasteiger partial charge in [0.2, 0.25) is 5.91 Å². The second-order valence-corrected chi connectivity index (χ2v) is 6.35. The largest absolute Gasteiger partial charge is 0.353 e. The molecule has 1 amide bonds. The van der Waals surface area contributed by atoms with Gasteiger partial charge >= 0.3 is 0 Å². The molecule has 0 radical (unpaired) electrons. The van der Waals surface area contributed by atoms with Gasteiger partial charge in [0.15, 0.2) is 5.79 Å². The number of nitrogens with one attached hydrogen (secondary N) is 1. The monoisotopic (exact) mass is 298 g/mol.